The molecular weight excluding hydrogens is 795 g/mol. The molecule has 0 aliphatic carbocycles. The average molecular weight is 842 g/mol. The van der Waals surface area contributed by atoms with Gasteiger partial charge in [0, 0.05) is 38.6 Å². The van der Waals surface area contributed by atoms with Crippen LogP contribution in [0.25, 0.3) is 11.2 Å². The van der Waals surface area contributed by atoms with Crippen molar-refractivity contribution in [1.82, 2.24) is 40.8 Å². The molecule has 320 valence electrons. The lowest BCUT2D eigenvalue weighted by molar-refractivity contribution is -0.137. The maximum absolute atomic E-state index is 13.6. The van der Waals surface area contributed by atoms with E-state index in [2.05, 4.69) is 41.5 Å². The first-order valence-corrected chi connectivity index (χ1v) is 20.2. The van der Waals surface area contributed by atoms with Gasteiger partial charge in [-0.25, -0.2) is 24.5 Å². The fourth-order valence-electron chi connectivity index (χ4n) is 6.95. The van der Waals surface area contributed by atoms with E-state index in [0.29, 0.717) is 18.7 Å². The molecule has 1 fully saturated rings. The summed E-state index contributed by atoms with van der Waals surface area (Å²) in [6.45, 7) is 2.78. The normalized spacial score (nSPS) is 17.0. The molecule has 1 aliphatic rings. The van der Waals surface area contributed by atoms with Gasteiger partial charge in [0.1, 0.15) is 18.8 Å². The number of hydrogen-bond donors (Lipinski definition) is 7. The van der Waals surface area contributed by atoms with Crippen LogP contribution in [0.4, 0.5) is 10.6 Å². The molecular formula is C45H47N9O8. The number of aromatic nitrogens is 4. The second kappa shape index (κ2) is 20.4. The number of amides is 4. The zero-order valence-electron chi connectivity index (χ0n) is 33.8. The summed E-state index contributed by atoms with van der Waals surface area (Å²) in [5.41, 5.74) is 4.46. The van der Waals surface area contributed by atoms with E-state index in [1.807, 2.05) is 91.0 Å². The second-order valence-corrected chi connectivity index (χ2v) is 14.4. The maximum Gasteiger partial charge on any atom is 0.338 e. The number of urea groups is 1. The molecule has 7 rings (SSSR count). The number of esters is 1. The van der Waals surface area contributed by atoms with E-state index in [0.717, 1.165) is 22.3 Å². The third-order valence-corrected chi connectivity index (χ3v) is 10.2. The van der Waals surface area contributed by atoms with Crippen molar-refractivity contribution in [2.75, 3.05) is 31.5 Å². The Morgan fingerprint density at radius 2 is 1.40 bits per heavy atom. The number of anilines is 1. The first-order valence-electron chi connectivity index (χ1n) is 20.2. The van der Waals surface area contributed by atoms with Crippen LogP contribution in [0, 0.1) is 0 Å². The number of ether oxygens (including phenoxy) is 2. The Hall–Kier alpha value is -7.21. The number of nitrogens with one attached hydrogen (secondary N) is 5. The lowest BCUT2D eigenvalue weighted by Crippen LogP contribution is -2.42. The summed E-state index contributed by atoms with van der Waals surface area (Å²) < 4.78 is 12.6. The van der Waals surface area contributed by atoms with Gasteiger partial charge < -0.3 is 46.3 Å². The number of fused-ring (bicyclic) bond motifs is 1. The van der Waals surface area contributed by atoms with Crippen LogP contribution in [0.3, 0.4) is 0 Å². The molecule has 4 aromatic carbocycles. The van der Waals surface area contributed by atoms with E-state index in [9.17, 15) is 29.4 Å². The van der Waals surface area contributed by atoms with Gasteiger partial charge in [-0.05, 0) is 41.3 Å². The van der Waals surface area contributed by atoms with Crippen molar-refractivity contribution in [2.24, 2.45) is 0 Å². The topological polar surface area (TPSA) is 231 Å². The summed E-state index contributed by atoms with van der Waals surface area (Å²) in [7, 11) is 0. The molecule has 4 amide bonds. The average Bonchev–Trinajstić information content (AvgIpc) is 3.86. The van der Waals surface area contributed by atoms with Crippen LogP contribution in [0.1, 0.15) is 62.3 Å². The smallest absolute Gasteiger partial charge is 0.338 e. The van der Waals surface area contributed by atoms with Crippen molar-refractivity contribution in [1.29, 1.82) is 0 Å². The number of hydrogen-bond acceptors (Lipinski definition) is 12. The Balaban J connectivity index is 1.00. The fraction of sp³-hybridized carbons (Fsp3) is 0.267. The first kappa shape index (κ1) is 42.9. The zero-order chi connectivity index (χ0) is 43.4. The predicted octanol–water partition coefficient (Wildman–Crippen LogP) is 3.41. The standard InChI is InChI=1S/C45H47N9O8/c1-2-46-41(57)37-35(55)36(56)43(62-37)54-27-51-34-38(49-25-33(30-14-8-4-9-15-30)31-16-10-5-11-17-31)52-39(53-40(34)54)42(58)47-22-23-48-45(60)50-24-28-18-20-32(21-19-28)44(59)61-26-29-12-6-3-7-13-29/h3-21,27,33,35-37,43,55-56H,2,22-26H2,1H3,(H,46,57)(H,47,58)(H2,48,50,60)(H,49,52,53)/t35-,36+,37-,43?/m0/s1. The molecule has 7 N–H and O–H groups in total. The molecule has 0 saturated carbocycles. The number of rotatable bonds is 17. The van der Waals surface area contributed by atoms with Crippen molar-refractivity contribution in [3.63, 3.8) is 0 Å². The minimum absolute atomic E-state index is 0.0183. The molecule has 0 bridgehead atoms. The van der Waals surface area contributed by atoms with Gasteiger partial charge in [0.15, 0.2) is 29.3 Å². The third-order valence-electron chi connectivity index (χ3n) is 10.2. The molecule has 3 heterocycles. The Bertz CT molecular complexity index is 2420. The number of carbonyl (C=O) groups excluding carboxylic acids is 4. The van der Waals surface area contributed by atoms with Crippen molar-refractivity contribution in [3.05, 3.63) is 155 Å². The van der Waals surface area contributed by atoms with Crippen LogP contribution in [-0.4, -0.2) is 98.0 Å². The molecule has 6 aromatic rings. The van der Waals surface area contributed by atoms with Gasteiger partial charge in [-0.3, -0.25) is 14.2 Å². The highest BCUT2D eigenvalue weighted by molar-refractivity contribution is 5.94. The van der Waals surface area contributed by atoms with Gasteiger partial charge >= 0.3 is 12.0 Å². The molecule has 4 atom stereocenters. The summed E-state index contributed by atoms with van der Waals surface area (Å²) in [5, 5.41) is 35.9. The van der Waals surface area contributed by atoms with Crippen LogP contribution >= 0.6 is 0 Å². The minimum Gasteiger partial charge on any atom is -0.457 e. The van der Waals surface area contributed by atoms with Crippen LogP contribution in [-0.2, 0) is 27.4 Å². The number of carbonyl (C=O) groups is 4. The van der Waals surface area contributed by atoms with Crippen LogP contribution in [0.5, 0.6) is 0 Å². The summed E-state index contributed by atoms with van der Waals surface area (Å²) in [4.78, 5) is 64.9. The van der Waals surface area contributed by atoms with Gasteiger partial charge in [0.05, 0.1) is 11.9 Å². The lowest BCUT2D eigenvalue weighted by Gasteiger charge is -2.20. The van der Waals surface area contributed by atoms with Crippen molar-refractivity contribution in [3.8, 4) is 0 Å². The van der Waals surface area contributed by atoms with E-state index >= 15 is 0 Å². The quantitative estimate of drug-likeness (QED) is 0.0518. The Kier molecular flexibility index (Phi) is 14.1. The van der Waals surface area contributed by atoms with Gasteiger partial charge in [0.2, 0.25) is 5.82 Å². The fourth-order valence-corrected chi connectivity index (χ4v) is 6.95. The number of aliphatic hydroxyl groups is 2. The monoisotopic (exact) mass is 841 g/mol. The van der Waals surface area contributed by atoms with Crippen LogP contribution in [0.2, 0.25) is 0 Å². The highest BCUT2D eigenvalue weighted by Crippen LogP contribution is 2.33. The van der Waals surface area contributed by atoms with Gasteiger partial charge in [-0.2, -0.15) is 0 Å². The summed E-state index contributed by atoms with van der Waals surface area (Å²) >= 11 is 0. The molecule has 62 heavy (non-hydrogen) atoms. The first-order chi connectivity index (χ1) is 30.2. The van der Waals surface area contributed by atoms with E-state index in [1.54, 1.807) is 31.2 Å². The number of benzene rings is 4. The Morgan fingerprint density at radius 1 is 0.758 bits per heavy atom. The van der Waals surface area contributed by atoms with Crippen molar-refractivity contribution >= 4 is 40.8 Å². The Labute approximate surface area is 356 Å². The highest BCUT2D eigenvalue weighted by Gasteiger charge is 2.47. The molecule has 0 radical (unpaired) electrons. The van der Waals surface area contributed by atoms with E-state index in [-0.39, 0.29) is 55.0 Å². The number of imidazole rings is 1. The second-order valence-electron chi connectivity index (χ2n) is 14.4. The minimum atomic E-state index is -1.55. The summed E-state index contributed by atoms with van der Waals surface area (Å²) in [5.74, 6) is -1.86. The number of likely N-dealkylation sites (N-methyl/N-ethyl adjacent to an activating group) is 1. The highest BCUT2D eigenvalue weighted by atomic mass is 16.6. The van der Waals surface area contributed by atoms with Crippen LogP contribution < -0.4 is 26.6 Å². The van der Waals surface area contributed by atoms with E-state index in [4.69, 9.17) is 9.47 Å². The molecule has 1 saturated heterocycles. The molecule has 17 nitrogen and oxygen atoms in total. The SMILES string of the molecule is CCNC(=O)[C@H]1OC(n2cnc3c(NCC(c4ccccc4)c4ccccc4)nc(C(=O)NCCNC(=O)NCc4ccc(C(=O)OCc5ccccc5)cc4)nc32)[C@H](O)[C@@H]1O. The summed E-state index contributed by atoms with van der Waals surface area (Å²) in [6, 6.07) is 35.4. The molecule has 17 heteroatoms. The van der Waals surface area contributed by atoms with E-state index in [1.165, 1.54) is 10.9 Å². The molecule has 0 spiro atoms. The molecule has 2 aromatic heterocycles. The summed E-state index contributed by atoms with van der Waals surface area (Å²) in [6.07, 6.45) is -4.37. The maximum atomic E-state index is 13.6. The molecule has 1 aliphatic heterocycles. The largest absolute Gasteiger partial charge is 0.457 e. The molecule has 1 unspecified atom stereocenters. The number of aliphatic hydroxyl groups excluding tert-OH is 2. The predicted molar refractivity (Wildman–Crippen MR) is 228 cm³/mol. The lowest BCUT2D eigenvalue weighted by atomic mass is 9.91. The third kappa shape index (κ3) is 10.4. The van der Waals surface area contributed by atoms with Crippen molar-refractivity contribution < 1.29 is 38.9 Å². The van der Waals surface area contributed by atoms with Gasteiger partial charge in [-0.15, -0.1) is 0 Å². The van der Waals surface area contributed by atoms with Gasteiger partial charge in [0.25, 0.3) is 11.8 Å². The van der Waals surface area contributed by atoms with Crippen molar-refractivity contribution in [2.45, 2.75) is 50.5 Å². The zero-order valence-corrected chi connectivity index (χ0v) is 33.8. The number of nitrogens with zero attached hydrogens (tertiary/aromatic N) is 4. The van der Waals surface area contributed by atoms with E-state index < -0.39 is 48.4 Å². The van der Waals surface area contributed by atoms with Crippen LogP contribution in [0.15, 0.2) is 122 Å². The Morgan fingerprint density at radius 3 is 2.06 bits per heavy atom. The van der Waals surface area contributed by atoms with Gasteiger partial charge in [-0.1, -0.05) is 103 Å².